The number of carboxylic acid groups (broad SMARTS) is 1. The number of aliphatic carboxylic acids is 1. The molecule has 0 unspecified atom stereocenters. The first-order valence-electron chi connectivity index (χ1n) is 5.59. The molecule has 0 saturated carbocycles. The van der Waals surface area contributed by atoms with E-state index in [9.17, 15) is 9.59 Å². The summed E-state index contributed by atoms with van der Waals surface area (Å²) in [7, 11) is 0. The van der Waals surface area contributed by atoms with Crippen LogP contribution in [0.5, 0.6) is 0 Å². The molecule has 7 nitrogen and oxygen atoms in total. The van der Waals surface area contributed by atoms with E-state index in [0.29, 0.717) is 18.7 Å². The maximum atomic E-state index is 11.9. The number of aromatic nitrogens is 2. The summed E-state index contributed by atoms with van der Waals surface area (Å²) in [5, 5.41) is 15.2. The molecular weight excluding hydrogens is 238 g/mol. The van der Waals surface area contributed by atoms with Gasteiger partial charge in [0, 0.05) is 0 Å². The molecule has 1 aromatic rings. The fourth-order valence-electron chi connectivity index (χ4n) is 1.94. The number of nitrogens with one attached hydrogen (secondary N) is 1. The van der Waals surface area contributed by atoms with Crippen LogP contribution in [0, 0.1) is 11.8 Å². The van der Waals surface area contributed by atoms with Gasteiger partial charge in [-0.1, -0.05) is 17.3 Å². The Balaban J connectivity index is 1.94. The molecular formula is C11H13N3O4. The molecule has 0 fully saturated rings. The summed E-state index contributed by atoms with van der Waals surface area (Å²) < 4.78 is 4.53. The summed E-state index contributed by atoms with van der Waals surface area (Å²) in [6, 6.07) is 0. The predicted octanol–water partition coefficient (Wildman–Crippen LogP) is 0.353. The van der Waals surface area contributed by atoms with E-state index in [1.165, 1.54) is 6.39 Å². The monoisotopic (exact) mass is 251 g/mol. The second kappa shape index (κ2) is 5.44. The molecule has 1 aromatic heterocycles. The molecule has 1 aliphatic carbocycles. The van der Waals surface area contributed by atoms with Crippen LogP contribution in [0.2, 0.25) is 0 Å². The van der Waals surface area contributed by atoms with Crippen molar-refractivity contribution in [3.8, 4) is 0 Å². The molecule has 1 amide bonds. The molecule has 0 spiro atoms. The smallest absolute Gasteiger partial charge is 0.307 e. The van der Waals surface area contributed by atoms with Gasteiger partial charge in [0.2, 0.25) is 12.3 Å². The fourth-order valence-corrected chi connectivity index (χ4v) is 1.94. The van der Waals surface area contributed by atoms with Crippen molar-refractivity contribution in [3.63, 3.8) is 0 Å². The standard InChI is InChI=1S/C11H13N3O4/c15-10(12-5-9-13-6-18-14-9)7-3-1-2-4-8(7)11(16)17/h1-2,6-8H,3-5H2,(H,12,15)(H,16,17)/t7-,8+/m1/s1. The molecule has 0 radical (unpaired) electrons. The Morgan fingerprint density at radius 3 is 2.72 bits per heavy atom. The van der Waals surface area contributed by atoms with Crippen molar-refractivity contribution in [2.75, 3.05) is 0 Å². The van der Waals surface area contributed by atoms with E-state index in [1.54, 1.807) is 6.08 Å². The topological polar surface area (TPSA) is 105 Å². The van der Waals surface area contributed by atoms with Gasteiger partial charge in [0.15, 0.2) is 5.82 Å². The van der Waals surface area contributed by atoms with Crippen molar-refractivity contribution in [1.82, 2.24) is 15.5 Å². The second-order valence-corrected chi connectivity index (χ2v) is 4.06. The second-order valence-electron chi connectivity index (χ2n) is 4.06. The van der Waals surface area contributed by atoms with Crippen LogP contribution in [0.1, 0.15) is 18.7 Å². The van der Waals surface area contributed by atoms with Crippen LogP contribution in [0.3, 0.4) is 0 Å². The fraction of sp³-hybridized carbons (Fsp3) is 0.455. The van der Waals surface area contributed by atoms with E-state index >= 15 is 0 Å². The van der Waals surface area contributed by atoms with Gasteiger partial charge in [-0.3, -0.25) is 9.59 Å². The van der Waals surface area contributed by atoms with Crippen LogP contribution in [-0.2, 0) is 16.1 Å². The summed E-state index contributed by atoms with van der Waals surface area (Å²) in [5.41, 5.74) is 0. The highest BCUT2D eigenvalue weighted by Crippen LogP contribution is 2.25. The van der Waals surface area contributed by atoms with E-state index in [1.807, 2.05) is 6.08 Å². The molecule has 0 aliphatic heterocycles. The molecule has 18 heavy (non-hydrogen) atoms. The minimum absolute atomic E-state index is 0.141. The third kappa shape index (κ3) is 2.73. The van der Waals surface area contributed by atoms with Gasteiger partial charge in [-0.15, -0.1) is 0 Å². The number of allylic oxidation sites excluding steroid dienone is 2. The Morgan fingerprint density at radius 2 is 2.11 bits per heavy atom. The Bertz CT molecular complexity index is 455. The molecule has 2 N–H and O–H groups in total. The summed E-state index contributed by atoms with van der Waals surface area (Å²) in [4.78, 5) is 26.7. The minimum Gasteiger partial charge on any atom is -0.481 e. The van der Waals surface area contributed by atoms with Gasteiger partial charge in [-0.05, 0) is 12.8 Å². The van der Waals surface area contributed by atoms with Crippen LogP contribution in [0.25, 0.3) is 0 Å². The van der Waals surface area contributed by atoms with Gasteiger partial charge in [-0.25, -0.2) is 0 Å². The van der Waals surface area contributed by atoms with Crippen molar-refractivity contribution in [1.29, 1.82) is 0 Å². The van der Waals surface area contributed by atoms with E-state index in [0.717, 1.165) is 0 Å². The van der Waals surface area contributed by atoms with Crippen molar-refractivity contribution >= 4 is 11.9 Å². The van der Waals surface area contributed by atoms with Crippen LogP contribution in [0.4, 0.5) is 0 Å². The first-order chi connectivity index (χ1) is 8.68. The summed E-state index contributed by atoms with van der Waals surface area (Å²) in [6.07, 6.45) is 5.62. The molecule has 96 valence electrons. The van der Waals surface area contributed by atoms with E-state index < -0.39 is 17.8 Å². The highest BCUT2D eigenvalue weighted by atomic mass is 16.5. The lowest BCUT2D eigenvalue weighted by molar-refractivity contribution is -0.147. The van der Waals surface area contributed by atoms with Gasteiger partial charge >= 0.3 is 5.97 Å². The zero-order chi connectivity index (χ0) is 13.0. The molecule has 1 heterocycles. The summed E-state index contributed by atoms with van der Waals surface area (Å²) in [5.74, 6) is -2.09. The van der Waals surface area contributed by atoms with Gasteiger partial charge in [0.05, 0.1) is 18.4 Å². The van der Waals surface area contributed by atoms with Gasteiger partial charge < -0.3 is 14.9 Å². The number of hydrogen-bond acceptors (Lipinski definition) is 5. The number of nitrogens with zero attached hydrogens (tertiary/aromatic N) is 2. The van der Waals surface area contributed by atoms with Crippen LogP contribution in [-0.4, -0.2) is 27.1 Å². The van der Waals surface area contributed by atoms with Crippen molar-refractivity contribution in [2.45, 2.75) is 19.4 Å². The Hall–Kier alpha value is -2.18. The quantitative estimate of drug-likeness (QED) is 0.748. The minimum atomic E-state index is -0.945. The number of carbonyl (C=O) groups excluding carboxylic acids is 1. The molecule has 0 aromatic carbocycles. The molecule has 0 bridgehead atoms. The number of amides is 1. The van der Waals surface area contributed by atoms with Gasteiger partial charge in [0.25, 0.3) is 0 Å². The van der Waals surface area contributed by atoms with Gasteiger partial charge in [-0.2, -0.15) is 4.98 Å². The largest absolute Gasteiger partial charge is 0.481 e. The molecule has 1 aliphatic rings. The molecule has 2 rings (SSSR count). The van der Waals surface area contributed by atoms with Crippen LogP contribution < -0.4 is 5.32 Å². The third-order valence-corrected chi connectivity index (χ3v) is 2.91. The van der Waals surface area contributed by atoms with Crippen LogP contribution in [0.15, 0.2) is 23.1 Å². The summed E-state index contributed by atoms with van der Waals surface area (Å²) in [6.45, 7) is 0.141. The highest BCUT2D eigenvalue weighted by molar-refractivity contribution is 5.85. The van der Waals surface area contributed by atoms with E-state index in [4.69, 9.17) is 5.11 Å². The highest BCUT2D eigenvalue weighted by Gasteiger charge is 2.33. The predicted molar refractivity (Wildman–Crippen MR) is 59.1 cm³/mol. The number of carbonyl (C=O) groups is 2. The summed E-state index contributed by atoms with van der Waals surface area (Å²) >= 11 is 0. The SMILES string of the molecule is O=C(O)[C@H]1CC=CC[C@H]1C(=O)NCc1ncon1. The number of carboxylic acids is 1. The molecule has 7 heteroatoms. The van der Waals surface area contributed by atoms with E-state index in [-0.39, 0.29) is 12.5 Å². The number of rotatable bonds is 4. The maximum absolute atomic E-state index is 11.9. The van der Waals surface area contributed by atoms with Crippen molar-refractivity contribution < 1.29 is 19.2 Å². The van der Waals surface area contributed by atoms with Crippen LogP contribution >= 0.6 is 0 Å². The zero-order valence-electron chi connectivity index (χ0n) is 9.57. The first-order valence-corrected chi connectivity index (χ1v) is 5.59. The lowest BCUT2D eigenvalue weighted by Gasteiger charge is -2.23. The average Bonchev–Trinajstić information content (AvgIpc) is 2.89. The molecule has 2 atom stereocenters. The normalized spacial score (nSPS) is 22.7. The van der Waals surface area contributed by atoms with Crippen molar-refractivity contribution in [3.05, 3.63) is 24.4 Å². The lowest BCUT2D eigenvalue weighted by atomic mass is 9.82. The van der Waals surface area contributed by atoms with Gasteiger partial charge in [0.1, 0.15) is 0 Å². The Morgan fingerprint density at radius 1 is 1.39 bits per heavy atom. The van der Waals surface area contributed by atoms with Crippen molar-refractivity contribution in [2.24, 2.45) is 11.8 Å². The third-order valence-electron chi connectivity index (χ3n) is 2.91. The van der Waals surface area contributed by atoms with E-state index in [2.05, 4.69) is 20.0 Å². The number of hydrogen-bond donors (Lipinski definition) is 2. The first kappa shape index (κ1) is 12.3. The maximum Gasteiger partial charge on any atom is 0.307 e. The molecule has 0 saturated heterocycles. The zero-order valence-corrected chi connectivity index (χ0v) is 9.57. The lowest BCUT2D eigenvalue weighted by Crippen LogP contribution is -2.38. The Labute approximate surface area is 103 Å². The average molecular weight is 251 g/mol. The Kier molecular flexibility index (Phi) is 3.71.